The fourth-order valence-electron chi connectivity index (χ4n) is 2.74. The number of nitrogens with zero attached hydrogens (tertiary/aromatic N) is 1. The maximum atomic E-state index is 12.8. The number of rotatable bonds is 6. The summed E-state index contributed by atoms with van der Waals surface area (Å²) >= 11 is 0. The van der Waals surface area contributed by atoms with Crippen LogP contribution >= 0.6 is 0 Å². The largest absolute Gasteiger partial charge is 0.495 e. The van der Waals surface area contributed by atoms with Gasteiger partial charge in [-0.3, -0.25) is 0 Å². The van der Waals surface area contributed by atoms with Crippen LogP contribution in [0.1, 0.15) is 15.9 Å². The van der Waals surface area contributed by atoms with Crippen molar-refractivity contribution in [2.75, 3.05) is 14.2 Å². The third kappa shape index (κ3) is 3.70. The minimum Gasteiger partial charge on any atom is -0.495 e. The first-order chi connectivity index (χ1) is 13.0. The summed E-state index contributed by atoms with van der Waals surface area (Å²) in [6.45, 7) is 0. The van der Waals surface area contributed by atoms with E-state index >= 15 is 0 Å². The number of methoxy groups -OCH3 is 2. The molecule has 8 heteroatoms. The van der Waals surface area contributed by atoms with Crippen LogP contribution in [0.3, 0.4) is 0 Å². The average Bonchev–Trinajstić information content (AvgIpc) is 3.22. The van der Waals surface area contributed by atoms with E-state index in [9.17, 15) is 13.2 Å². The van der Waals surface area contributed by atoms with Gasteiger partial charge in [-0.05, 0) is 23.8 Å². The van der Waals surface area contributed by atoms with Crippen LogP contribution in [-0.2, 0) is 20.3 Å². The van der Waals surface area contributed by atoms with Gasteiger partial charge in [0.2, 0.25) is 0 Å². The minimum atomic E-state index is -3.67. The van der Waals surface area contributed by atoms with Crippen LogP contribution in [0, 0.1) is 0 Å². The van der Waals surface area contributed by atoms with E-state index in [1.54, 1.807) is 30.3 Å². The molecule has 1 heterocycles. The number of benzene rings is 2. The van der Waals surface area contributed by atoms with Gasteiger partial charge in [-0.25, -0.2) is 18.2 Å². The van der Waals surface area contributed by atoms with E-state index in [4.69, 9.17) is 13.9 Å². The molecule has 0 radical (unpaired) electrons. The van der Waals surface area contributed by atoms with E-state index < -0.39 is 15.8 Å². The van der Waals surface area contributed by atoms with Gasteiger partial charge in [-0.2, -0.15) is 0 Å². The van der Waals surface area contributed by atoms with Crippen LogP contribution in [-0.4, -0.2) is 33.6 Å². The maximum absolute atomic E-state index is 12.8. The van der Waals surface area contributed by atoms with E-state index in [2.05, 4.69) is 4.98 Å². The molecule has 0 saturated heterocycles. The summed E-state index contributed by atoms with van der Waals surface area (Å²) < 4.78 is 40.8. The highest BCUT2D eigenvalue weighted by Gasteiger charge is 2.26. The molecule has 1 aromatic heterocycles. The predicted octanol–water partition coefficient (Wildman–Crippen LogP) is 3.11. The molecule has 0 spiro atoms. The van der Waals surface area contributed by atoms with E-state index in [0.717, 1.165) is 0 Å². The normalized spacial score (nSPS) is 11.2. The van der Waals surface area contributed by atoms with Crippen LogP contribution < -0.4 is 4.74 Å². The summed E-state index contributed by atoms with van der Waals surface area (Å²) in [6.07, 6.45) is 2.65. The topological polar surface area (TPSA) is 95.7 Å². The van der Waals surface area contributed by atoms with Crippen LogP contribution in [0.5, 0.6) is 5.75 Å². The number of ether oxygens (including phenoxy) is 2. The first-order valence-corrected chi connectivity index (χ1v) is 9.57. The minimum absolute atomic E-state index is 0.0417. The number of hydrogen-bond donors (Lipinski definition) is 0. The second-order valence-corrected chi connectivity index (χ2v) is 7.61. The summed E-state index contributed by atoms with van der Waals surface area (Å²) in [5.74, 6) is -0.899. The van der Waals surface area contributed by atoms with Gasteiger partial charge in [0.1, 0.15) is 23.3 Å². The average molecular weight is 387 g/mol. The molecule has 0 fully saturated rings. The van der Waals surface area contributed by atoms with E-state index in [-0.39, 0.29) is 27.5 Å². The van der Waals surface area contributed by atoms with Crippen molar-refractivity contribution in [2.45, 2.75) is 10.6 Å². The van der Waals surface area contributed by atoms with E-state index in [1.807, 2.05) is 0 Å². The van der Waals surface area contributed by atoms with Crippen molar-refractivity contribution < 1.29 is 27.1 Å². The SMILES string of the molecule is COC(=O)c1c(CS(=O)(=O)c2ccccc2)ccc(-c2cocn2)c1OC. The number of aromatic nitrogens is 1. The monoisotopic (exact) mass is 387 g/mol. The lowest BCUT2D eigenvalue weighted by molar-refractivity contribution is 0.0596. The highest BCUT2D eigenvalue weighted by Crippen LogP contribution is 2.36. The van der Waals surface area contributed by atoms with Crippen molar-refractivity contribution >= 4 is 15.8 Å². The number of sulfone groups is 1. The lowest BCUT2D eigenvalue weighted by atomic mass is 10.0. The van der Waals surface area contributed by atoms with Crippen molar-refractivity contribution in [1.29, 1.82) is 0 Å². The van der Waals surface area contributed by atoms with Gasteiger partial charge in [0.15, 0.2) is 16.2 Å². The fourth-order valence-corrected chi connectivity index (χ4v) is 4.13. The Morgan fingerprint density at radius 2 is 1.85 bits per heavy atom. The van der Waals surface area contributed by atoms with Gasteiger partial charge >= 0.3 is 5.97 Å². The molecule has 3 aromatic rings. The summed E-state index contributed by atoms with van der Waals surface area (Å²) in [6, 6.07) is 11.2. The molecule has 140 valence electrons. The van der Waals surface area contributed by atoms with Crippen molar-refractivity contribution in [1.82, 2.24) is 4.98 Å². The molecule has 27 heavy (non-hydrogen) atoms. The van der Waals surface area contributed by atoms with E-state index in [1.165, 1.54) is 39.0 Å². The Balaban J connectivity index is 2.14. The molecule has 0 atom stereocenters. The number of oxazole rings is 1. The molecule has 0 N–H and O–H groups in total. The lowest BCUT2D eigenvalue weighted by Crippen LogP contribution is -2.13. The summed E-state index contributed by atoms with van der Waals surface area (Å²) in [4.78, 5) is 16.6. The van der Waals surface area contributed by atoms with Crippen LogP contribution in [0.4, 0.5) is 0 Å². The molecule has 0 bridgehead atoms. The molecule has 0 unspecified atom stereocenters. The quantitative estimate of drug-likeness (QED) is 0.600. The Morgan fingerprint density at radius 3 is 2.44 bits per heavy atom. The van der Waals surface area contributed by atoms with Gasteiger partial charge in [0.25, 0.3) is 0 Å². The molecule has 0 aliphatic rings. The Hall–Kier alpha value is -3.13. The molecule has 0 amide bonds. The molecular formula is C19H17NO6S. The number of carbonyl (C=O) groups is 1. The lowest BCUT2D eigenvalue weighted by Gasteiger charge is -2.15. The van der Waals surface area contributed by atoms with Crippen LogP contribution in [0.2, 0.25) is 0 Å². The second kappa shape index (κ2) is 7.63. The number of hydrogen-bond acceptors (Lipinski definition) is 7. The Kier molecular flexibility index (Phi) is 5.27. The molecule has 0 aliphatic carbocycles. The first-order valence-electron chi connectivity index (χ1n) is 7.92. The van der Waals surface area contributed by atoms with Gasteiger partial charge in [0, 0.05) is 5.56 Å². The highest BCUT2D eigenvalue weighted by atomic mass is 32.2. The van der Waals surface area contributed by atoms with Crippen molar-refractivity contribution in [2.24, 2.45) is 0 Å². The molecule has 0 saturated carbocycles. The molecule has 7 nitrogen and oxygen atoms in total. The Bertz CT molecular complexity index is 1040. The van der Waals surface area contributed by atoms with Crippen molar-refractivity contribution in [3.63, 3.8) is 0 Å². The molecule has 3 rings (SSSR count). The van der Waals surface area contributed by atoms with Gasteiger partial charge < -0.3 is 13.9 Å². The van der Waals surface area contributed by atoms with Crippen molar-refractivity contribution in [3.05, 3.63) is 66.2 Å². The smallest absolute Gasteiger partial charge is 0.341 e. The highest BCUT2D eigenvalue weighted by molar-refractivity contribution is 7.90. The third-order valence-corrected chi connectivity index (χ3v) is 5.68. The number of esters is 1. The zero-order valence-corrected chi connectivity index (χ0v) is 15.5. The zero-order valence-electron chi connectivity index (χ0n) is 14.7. The summed E-state index contributed by atoms with van der Waals surface area (Å²) in [5, 5.41) is 0. The van der Waals surface area contributed by atoms with Crippen LogP contribution in [0.25, 0.3) is 11.3 Å². The maximum Gasteiger partial charge on any atom is 0.341 e. The zero-order chi connectivity index (χ0) is 19.4. The van der Waals surface area contributed by atoms with Gasteiger partial charge in [-0.15, -0.1) is 0 Å². The Morgan fingerprint density at radius 1 is 1.11 bits per heavy atom. The standard InChI is InChI=1S/C19H17NO6S/c1-24-18-15(16-10-26-12-20-16)9-8-13(17(18)19(21)25-2)11-27(22,23)14-6-4-3-5-7-14/h3-10,12H,11H2,1-2H3. The molecule has 0 aliphatic heterocycles. The molecule has 2 aromatic carbocycles. The number of carbonyl (C=O) groups excluding carboxylic acids is 1. The third-order valence-electron chi connectivity index (χ3n) is 3.99. The summed E-state index contributed by atoms with van der Waals surface area (Å²) in [5.41, 5.74) is 1.26. The predicted molar refractivity (Wildman–Crippen MR) is 97.2 cm³/mol. The van der Waals surface area contributed by atoms with Gasteiger partial charge in [0.05, 0.1) is 24.9 Å². The Labute approximate surface area is 156 Å². The molecular weight excluding hydrogens is 370 g/mol. The fraction of sp³-hybridized carbons (Fsp3) is 0.158. The van der Waals surface area contributed by atoms with Crippen molar-refractivity contribution in [3.8, 4) is 17.0 Å². The summed E-state index contributed by atoms with van der Waals surface area (Å²) in [7, 11) is -1.05. The van der Waals surface area contributed by atoms with Crippen LogP contribution in [0.15, 0.2) is 64.4 Å². The second-order valence-electron chi connectivity index (χ2n) is 5.62. The van der Waals surface area contributed by atoms with Gasteiger partial charge in [-0.1, -0.05) is 24.3 Å². The van der Waals surface area contributed by atoms with E-state index in [0.29, 0.717) is 11.3 Å². The first kappa shape index (κ1) is 18.7.